The molecule has 0 amide bonds. The number of ketones is 1. The first-order valence-corrected chi connectivity index (χ1v) is 8.09. The van der Waals surface area contributed by atoms with Gasteiger partial charge in [0.05, 0.1) is 4.92 Å². The molecule has 7 heteroatoms. The summed E-state index contributed by atoms with van der Waals surface area (Å²) in [5.74, 6) is 0.950. The molecular weight excluding hydrogens is 334 g/mol. The first-order valence-electron chi connectivity index (χ1n) is 8.09. The summed E-state index contributed by atoms with van der Waals surface area (Å²) in [4.78, 5) is 22.6. The first-order chi connectivity index (χ1) is 12.5. The van der Waals surface area contributed by atoms with Gasteiger partial charge in [-0.2, -0.15) is 5.10 Å². The quantitative estimate of drug-likeness (QED) is 0.286. The lowest BCUT2D eigenvalue weighted by Crippen LogP contribution is -2.07. The standard InChI is InChI=1S/C19H17N3O4/c1-3-21-17(10-11-20-21)18(23)8-5-15-6-9-19(26-15)16-7-4-14(22(24)25)12-13(16)2/h4-12H,3H2,1-2H3/b8-5+. The van der Waals surface area contributed by atoms with Crippen molar-refractivity contribution in [1.82, 2.24) is 9.78 Å². The van der Waals surface area contributed by atoms with Gasteiger partial charge in [-0.15, -0.1) is 0 Å². The Morgan fingerprint density at radius 1 is 1.31 bits per heavy atom. The van der Waals surface area contributed by atoms with E-state index in [4.69, 9.17) is 4.42 Å². The number of furan rings is 1. The van der Waals surface area contributed by atoms with Crippen molar-refractivity contribution < 1.29 is 14.1 Å². The summed E-state index contributed by atoms with van der Waals surface area (Å²) in [7, 11) is 0. The summed E-state index contributed by atoms with van der Waals surface area (Å²) in [5.41, 5.74) is 2.07. The Kier molecular flexibility index (Phi) is 4.79. The van der Waals surface area contributed by atoms with Crippen molar-refractivity contribution in [3.05, 3.63) is 75.8 Å². The van der Waals surface area contributed by atoms with Crippen LogP contribution in [0.2, 0.25) is 0 Å². The highest BCUT2D eigenvalue weighted by Crippen LogP contribution is 2.28. The fraction of sp³-hybridized carbons (Fsp3) is 0.158. The zero-order valence-corrected chi connectivity index (χ0v) is 14.4. The van der Waals surface area contributed by atoms with Gasteiger partial charge in [-0.1, -0.05) is 0 Å². The van der Waals surface area contributed by atoms with E-state index in [1.165, 1.54) is 18.2 Å². The van der Waals surface area contributed by atoms with Crippen LogP contribution >= 0.6 is 0 Å². The number of nitrogens with zero attached hydrogens (tertiary/aromatic N) is 3. The maximum Gasteiger partial charge on any atom is 0.269 e. The molecule has 1 aromatic carbocycles. The van der Waals surface area contributed by atoms with Crippen LogP contribution in [-0.4, -0.2) is 20.5 Å². The maximum absolute atomic E-state index is 12.2. The maximum atomic E-state index is 12.2. The van der Waals surface area contributed by atoms with Crippen molar-refractivity contribution >= 4 is 17.5 Å². The molecule has 0 aliphatic heterocycles. The van der Waals surface area contributed by atoms with Gasteiger partial charge in [0.25, 0.3) is 5.69 Å². The van der Waals surface area contributed by atoms with E-state index in [0.29, 0.717) is 23.8 Å². The zero-order chi connectivity index (χ0) is 18.7. The van der Waals surface area contributed by atoms with Crippen LogP contribution in [0.4, 0.5) is 5.69 Å². The van der Waals surface area contributed by atoms with Crippen LogP contribution in [0.1, 0.15) is 28.7 Å². The summed E-state index contributed by atoms with van der Waals surface area (Å²) >= 11 is 0. The Hall–Kier alpha value is -3.48. The topological polar surface area (TPSA) is 91.2 Å². The van der Waals surface area contributed by atoms with E-state index in [1.807, 2.05) is 6.92 Å². The smallest absolute Gasteiger partial charge is 0.269 e. The number of carbonyl (C=O) groups excluding carboxylic acids is 1. The molecule has 26 heavy (non-hydrogen) atoms. The van der Waals surface area contributed by atoms with Crippen LogP contribution in [0.15, 0.2) is 53.1 Å². The van der Waals surface area contributed by atoms with Gasteiger partial charge in [0.15, 0.2) is 0 Å². The first kappa shape index (κ1) is 17.3. The van der Waals surface area contributed by atoms with Crippen LogP contribution in [0, 0.1) is 17.0 Å². The van der Waals surface area contributed by atoms with Crippen molar-refractivity contribution in [2.75, 3.05) is 0 Å². The van der Waals surface area contributed by atoms with Crippen LogP contribution in [-0.2, 0) is 6.54 Å². The molecule has 0 saturated heterocycles. The van der Waals surface area contributed by atoms with Crippen molar-refractivity contribution in [2.45, 2.75) is 20.4 Å². The largest absolute Gasteiger partial charge is 0.457 e. The SMILES string of the molecule is CCn1nccc1C(=O)/C=C/c1ccc(-c2ccc([N+](=O)[O-])cc2C)o1. The molecule has 0 aliphatic carbocycles. The third-order valence-electron chi connectivity index (χ3n) is 3.98. The Morgan fingerprint density at radius 3 is 2.81 bits per heavy atom. The predicted molar refractivity (Wildman–Crippen MR) is 96.8 cm³/mol. The summed E-state index contributed by atoms with van der Waals surface area (Å²) in [6, 6.07) is 9.79. The molecular formula is C19H17N3O4. The minimum Gasteiger partial charge on any atom is -0.457 e. The molecule has 2 aromatic heterocycles. The highest BCUT2D eigenvalue weighted by atomic mass is 16.6. The Bertz CT molecular complexity index is 998. The number of hydrogen-bond acceptors (Lipinski definition) is 5. The average Bonchev–Trinajstić information content (AvgIpc) is 3.28. The summed E-state index contributed by atoms with van der Waals surface area (Å²) < 4.78 is 7.37. The van der Waals surface area contributed by atoms with Crippen molar-refractivity contribution in [2.24, 2.45) is 0 Å². The number of non-ortho nitro benzene ring substituents is 1. The van der Waals surface area contributed by atoms with Gasteiger partial charge < -0.3 is 4.42 Å². The van der Waals surface area contributed by atoms with Gasteiger partial charge in [0.1, 0.15) is 17.2 Å². The van der Waals surface area contributed by atoms with E-state index in [0.717, 1.165) is 11.1 Å². The molecule has 2 heterocycles. The van der Waals surface area contributed by atoms with Crippen LogP contribution in [0.3, 0.4) is 0 Å². The highest BCUT2D eigenvalue weighted by Gasteiger charge is 2.12. The van der Waals surface area contributed by atoms with Gasteiger partial charge in [-0.25, -0.2) is 0 Å². The van der Waals surface area contributed by atoms with Crippen molar-refractivity contribution in [3.63, 3.8) is 0 Å². The molecule has 0 unspecified atom stereocenters. The van der Waals surface area contributed by atoms with Crippen LogP contribution in [0.5, 0.6) is 0 Å². The van der Waals surface area contributed by atoms with E-state index < -0.39 is 4.92 Å². The lowest BCUT2D eigenvalue weighted by molar-refractivity contribution is -0.384. The van der Waals surface area contributed by atoms with Crippen molar-refractivity contribution in [1.29, 1.82) is 0 Å². The monoisotopic (exact) mass is 351 g/mol. The fourth-order valence-electron chi connectivity index (χ4n) is 2.66. The predicted octanol–water partition coefficient (Wildman–Crippen LogP) is 4.28. The number of nitro benzene ring substituents is 1. The zero-order valence-electron chi connectivity index (χ0n) is 14.4. The lowest BCUT2D eigenvalue weighted by Gasteiger charge is -2.02. The number of rotatable bonds is 6. The van der Waals surface area contributed by atoms with Gasteiger partial charge >= 0.3 is 0 Å². The van der Waals surface area contributed by atoms with Crippen LogP contribution < -0.4 is 0 Å². The number of carbonyl (C=O) groups is 1. The summed E-state index contributed by atoms with van der Waals surface area (Å²) in [6.45, 7) is 4.32. The highest BCUT2D eigenvalue weighted by molar-refractivity contribution is 6.05. The number of benzene rings is 1. The van der Waals surface area contributed by atoms with Gasteiger partial charge in [-0.05, 0) is 55.8 Å². The second-order valence-electron chi connectivity index (χ2n) is 5.69. The molecule has 132 valence electrons. The molecule has 3 rings (SSSR count). The van der Waals surface area contributed by atoms with E-state index in [2.05, 4.69) is 5.10 Å². The normalized spacial score (nSPS) is 11.2. The third-order valence-corrected chi connectivity index (χ3v) is 3.98. The number of aromatic nitrogens is 2. The lowest BCUT2D eigenvalue weighted by atomic mass is 10.1. The minimum atomic E-state index is -0.431. The van der Waals surface area contributed by atoms with E-state index in [1.54, 1.807) is 48.1 Å². The number of aryl methyl sites for hydroxylation is 2. The van der Waals surface area contributed by atoms with Crippen LogP contribution in [0.25, 0.3) is 17.4 Å². The second kappa shape index (κ2) is 7.18. The fourth-order valence-corrected chi connectivity index (χ4v) is 2.66. The van der Waals surface area contributed by atoms with E-state index >= 15 is 0 Å². The Morgan fingerprint density at radius 2 is 2.12 bits per heavy atom. The molecule has 0 saturated carbocycles. The molecule has 0 aliphatic rings. The Labute approximate surface area is 149 Å². The second-order valence-corrected chi connectivity index (χ2v) is 5.69. The number of allylic oxidation sites excluding steroid dienone is 1. The molecule has 7 nitrogen and oxygen atoms in total. The van der Waals surface area contributed by atoms with Gasteiger partial charge in [-0.3, -0.25) is 19.6 Å². The molecule has 0 N–H and O–H groups in total. The molecule has 3 aromatic rings. The average molecular weight is 351 g/mol. The summed E-state index contributed by atoms with van der Waals surface area (Å²) in [6.07, 6.45) is 4.63. The number of hydrogen-bond donors (Lipinski definition) is 0. The molecule has 0 bridgehead atoms. The minimum absolute atomic E-state index is 0.0380. The van der Waals surface area contributed by atoms with Gasteiger partial charge in [0, 0.05) is 30.4 Å². The number of nitro groups is 1. The molecule has 0 fully saturated rings. The Balaban J connectivity index is 1.80. The van der Waals surface area contributed by atoms with E-state index in [9.17, 15) is 14.9 Å². The molecule has 0 radical (unpaired) electrons. The third kappa shape index (κ3) is 3.46. The molecule has 0 spiro atoms. The molecule has 0 atom stereocenters. The van der Waals surface area contributed by atoms with Crippen molar-refractivity contribution in [3.8, 4) is 11.3 Å². The van der Waals surface area contributed by atoms with E-state index in [-0.39, 0.29) is 11.5 Å². The summed E-state index contributed by atoms with van der Waals surface area (Å²) in [5, 5.41) is 14.9. The van der Waals surface area contributed by atoms with Gasteiger partial charge in [0.2, 0.25) is 5.78 Å².